The van der Waals surface area contributed by atoms with E-state index in [1.54, 1.807) is 0 Å². The zero-order valence-electron chi connectivity index (χ0n) is 16.2. The van der Waals surface area contributed by atoms with Crippen LogP contribution in [0.5, 0.6) is 0 Å². The molecule has 1 amide bonds. The number of Topliss-reactive ketones (excluding diaryl/α,β-unsaturated/α-hetero) is 1. The molecule has 2 unspecified atom stereocenters. The number of amides is 1. The van der Waals surface area contributed by atoms with Crippen molar-refractivity contribution in [2.24, 2.45) is 5.73 Å². The number of carboxylic acids is 1. The zero-order valence-corrected chi connectivity index (χ0v) is 16.2. The molecule has 0 aromatic rings. The number of aliphatic carboxylic acids is 1. The molecule has 1 aliphatic carbocycles. The van der Waals surface area contributed by atoms with E-state index in [4.69, 9.17) is 5.73 Å². The van der Waals surface area contributed by atoms with Crippen LogP contribution in [0.25, 0.3) is 0 Å². The summed E-state index contributed by atoms with van der Waals surface area (Å²) >= 11 is 0. The van der Waals surface area contributed by atoms with E-state index < -0.39 is 17.2 Å². The van der Waals surface area contributed by atoms with E-state index in [0.29, 0.717) is 19.3 Å². The van der Waals surface area contributed by atoms with Crippen molar-refractivity contribution in [3.8, 4) is 0 Å². The van der Waals surface area contributed by atoms with Crippen LogP contribution in [0.3, 0.4) is 0 Å². The van der Waals surface area contributed by atoms with Crippen LogP contribution in [-0.2, 0) is 14.4 Å². The summed E-state index contributed by atoms with van der Waals surface area (Å²) in [6.45, 7) is 3.89. The fourth-order valence-corrected chi connectivity index (χ4v) is 3.94. The fraction of sp³-hybridized carbons (Fsp3) is 0.842. The summed E-state index contributed by atoms with van der Waals surface area (Å²) in [5, 5.41) is 15.5. The van der Waals surface area contributed by atoms with E-state index in [9.17, 15) is 19.5 Å². The smallest absolute Gasteiger partial charge is 0.347 e. The number of ketones is 1. The van der Waals surface area contributed by atoms with E-state index in [-0.39, 0.29) is 24.7 Å². The average Bonchev–Trinajstić information content (AvgIpc) is 2.62. The van der Waals surface area contributed by atoms with Crippen molar-refractivity contribution in [2.75, 3.05) is 0 Å². The third-order valence-electron chi connectivity index (χ3n) is 5.44. The monoisotopic (exact) mass is 369 g/mol. The van der Waals surface area contributed by atoms with Crippen LogP contribution in [0.4, 0.5) is 0 Å². The van der Waals surface area contributed by atoms with Gasteiger partial charge in [0.25, 0.3) is 0 Å². The van der Waals surface area contributed by atoms with Crippen LogP contribution in [-0.4, -0.2) is 40.5 Å². The number of nitrogens with one attached hydrogen (secondary N) is 2. The van der Waals surface area contributed by atoms with Crippen molar-refractivity contribution in [1.82, 2.24) is 10.6 Å². The minimum absolute atomic E-state index is 0.0875. The van der Waals surface area contributed by atoms with E-state index in [1.165, 1.54) is 0 Å². The molecule has 5 N–H and O–H groups in total. The lowest BCUT2D eigenvalue weighted by Crippen LogP contribution is -2.82. The summed E-state index contributed by atoms with van der Waals surface area (Å²) < 4.78 is 0. The first kappa shape index (κ1) is 22.6. The summed E-state index contributed by atoms with van der Waals surface area (Å²) in [5.41, 5.74) is 2.82. The van der Waals surface area contributed by atoms with Crippen LogP contribution in [0, 0.1) is 0 Å². The molecular weight excluding hydrogens is 334 g/mol. The highest BCUT2D eigenvalue weighted by molar-refractivity contribution is 5.98. The second-order valence-corrected chi connectivity index (χ2v) is 7.40. The first-order valence-electron chi connectivity index (χ1n) is 9.92. The van der Waals surface area contributed by atoms with Crippen molar-refractivity contribution < 1.29 is 19.5 Å². The standard InChI is InChI=1S/C19H35N3O4/c1-3-5-7-12-16(24)18(20,13-4-2)19(17(25)26,21-14-23)22-15-10-8-6-9-11-15/h14-15,22H,3-13,20H2,1-2H3,(H,21,23)(H,25,26). The Balaban J connectivity index is 3.23. The third kappa shape index (κ3) is 5.04. The van der Waals surface area contributed by atoms with Gasteiger partial charge in [-0.3, -0.25) is 14.9 Å². The molecule has 0 aromatic heterocycles. The molecule has 2 atom stereocenters. The van der Waals surface area contributed by atoms with Crippen LogP contribution >= 0.6 is 0 Å². The van der Waals surface area contributed by atoms with Gasteiger partial charge in [-0.05, 0) is 25.7 Å². The lowest BCUT2D eigenvalue weighted by Gasteiger charge is -2.46. The Hall–Kier alpha value is -1.47. The first-order valence-corrected chi connectivity index (χ1v) is 9.92. The van der Waals surface area contributed by atoms with E-state index >= 15 is 0 Å². The van der Waals surface area contributed by atoms with E-state index in [1.807, 2.05) is 13.8 Å². The molecule has 1 aliphatic rings. The summed E-state index contributed by atoms with van der Waals surface area (Å²) in [6, 6.07) is -0.0875. The van der Waals surface area contributed by atoms with Gasteiger partial charge in [-0.25, -0.2) is 4.79 Å². The lowest BCUT2D eigenvalue weighted by molar-refractivity contribution is -0.157. The number of carbonyl (C=O) groups excluding carboxylic acids is 2. The molecule has 0 saturated heterocycles. The molecule has 0 aromatic carbocycles. The van der Waals surface area contributed by atoms with Crippen molar-refractivity contribution in [1.29, 1.82) is 0 Å². The molecule has 0 radical (unpaired) electrons. The predicted octanol–water partition coefficient (Wildman–Crippen LogP) is 2.08. The molecule has 1 saturated carbocycles. The molecule has 1 rings (SSSR count). The SMILES string of the molecule is CCCCCC(=O)C(N)(CCC)C(NC=O)(NC1CCCCC1)C(=O)O. The number of rotatable bonds is 13. The number of hydrogen-bond acceptors (Lipinski definition) is 5. The second kappa shape index (κ2) is 10.6. The molecule has 0 bridgehead atoms. The van der Waals surface area contributed by atoms with Gasteiger partial charge in [0.1, 0.15) is 5.54 Å². The molecule has 0 aliphatic heterocycles. The molecule has 26 heavy (non-hydrogen) atoms. The number of unbranched alkanes of at least 4 members (excludes halogenated alkanes) is 2. The third-order valence-corrected chi connectivity index (χ3v) is 5.44. The number of hydrogen-bond donors (Lipinski definition) is 4. The van der Waals surface area contributed by atoms with Gasteiger partial charge in [0.05, 0.1) is 0 Å². The Morgan fingerprint density at radius 1 is 1.15 bits per heavy atom. The van der Waals surface area contributed by atoms with Gasteiger partial charge >= 0.3 is 5.97 Å². The Bertz CT molecular complexity index is 479. The molecule has 0 spiro atoms. The van der Waals surface area contributed by atoms with E-state index in [2.05, 4.69) is 10.6 Å². The minimum atomic E-state index is -1.99. The van der Waals surface area contributed by atoms with Gasteiger partial charge < -0.3 is 16.2 Å². The van der Waals surface area contributed by atoms with Crippen molar-refractivity contribution in [3.63, 3.8) is 0 Å². The number of carbonyl (C=O) groups is 3. The van der Waals surface area contributed by atoms with Gasteiger partial charge in [-0.15, -0.1) is 0 Å². The van der Waals surface area contributed by atoms with Crippen molar-refractivity contribution in [3.05, 3.63) is 0 Å². The van der Waals surface area contributed by atoms with Crippen LogP contribution in [0.15, 0.2) is 0 Å². The Kier molecular flexibility index (Phi) is 9.22. The first-order chi connectivity index (χ1) is 12.4. The van der Waals surface area contributed by atoms with Crippen LogP contribution in [0.1, 0.15) is 84.5 Å². The van der Waals surface area contributed by atoms with Crippen LogP contribution < -0.4 is 16.4 Å². The molecule has 1 fully saturated rings. The maximum atomic E-state index is 13.0. The van der Waals surface area contributed by atoms with Gasteiger partial charge in [0.15, 0.2) is 5.78 Å². The van der Waals surface area contributed by atoms with Gasteiger partial charge in [-0.1, -0.05) is 52.4 Å². The second-order valence-electron chi connectivity index (χ2n) is 7.40. The van der Waals surface area contributed by atoms with E-state index in [0.717, 1.165) is 44.9 Å². The summed E-state index contributed by atoms with van der Waals surface area (Å²) in [5.74, 6) is -1.62. The highest BCUT2D eigenvalue weighted by atomic mass is 16.4. The average molecular weight is 370 g/mol. The lowest BCUT2D eigenvalue weighted by atomic mass is 9.74. The summed E-state index contributed by atoms with van der Waals surface area (Å²) in [6.07, 6.45) is 8.48. The summed E-state index contributed by atoms with van der Waals surface area (Å²) in [4.78, 5) is 36.7. The number of carboxylic acid groups (broad SMARTS) is 1. The molecular formula is C19H35N3O4. The number of nitrogens with two attached hydrogens (primary N) is 1. The molecule has 7 heteroatoms. The van der Waals surface area contributed by atoms with Crippen molar-refractivity contribution >= 4 is 18.2 Å². The maximum Gasteiger partial charge on any atom is 0.347 e. The van der Waals surface area contributed by atoms with Gasteiger partial charge in [-0.2, -0.15) is 0 Å². The van der Waals surface area contributed by atoms with Crippen molar-refractivity contribution in [2.45, 2.75) is 102 Å². The predicted molar refractivity (Wildman–Crippen MR) is 101 cm³/mol. The Morgan fingerprint density at radius 2 is 1.81 bits per heavy atom. The van der Waals surface area contributed by atoms with Crippen LogP contribution in [0.2, 0.25) is 0 Å². The summed E-state index contributed by atoms with van der Waals surface area (Å²) in [7, 11) is 0. The molecule has 7 nitrogen and oxygen atoms in total. The molecule has 0 heterocycles. The topological polar surface area (TPSA) is 122 Å². The minimum Gasteiger partial charge on any atom is -0.478 e. The Morgan fingerprint density at radius 3 is 2.31 bits per heavy atom. The highest BCUT2D eigenvalue weighted by Crippen LogP contribution is 2.30. The van der Waals surface area contributed by atoms with Gasteiger partial charge in [0.2, 0.25) is 12.1 Å². The zero-order chi connectivity index (χ0) is 19.6. The highest BCUT2D eigenvalue weighted by Gasteiger charge is 2.59. The quantitative estimate of drug-likeness (QED) is 0.224. The fourth-order valence-electron chi connectivity index (χ4n) is 3.94. The Labute approximate surface area is 156 Å². The normalized spacial score (nSPS) is 20.0. The largest absolute Gasteiger partial charge is 0.478 e. The maximum absolute atomic E-state index is 13.0. The molecule has 150 valence electrons. The van der Waals surface area contributed by atoms with Gasteiger partial charge in [0, 0.05) is 12.5 Å².